The van der Waals surface area contributed by atoms with Gasteiger partial charge in [-0.3, -0.25) is 14.4 Å². The van der Waals surface area contributed by atoms with E-state index in [-0.39, 0.29) is 0 Å². The fourth-order valence-corrected chi connectivity index (χ4v) is 3.69. The lowest BCUT2D eigenvalue weighted by Crippen LogP contribution is -2.61. The Hall–Kier alpha value is -2.17. The average molecular weight is 399 g/mol. The molecule has 5 unspecified atom stereocenters. The lowest BCUT2D eigenvalue weighted by Gasteiger charge is -2.43. The number of pyridine rings is 1. The number of carbonyl (C=O) groups excluding carboxylic acids is 3. The maximum atomic E-state index is 11.6. The maximum absolute atomic E-state index is 11.6. The van der Waals surface area contributed by atoms with Crippen molar-refractivity contribution in [3.8, 4) is 0 Å². The van der Waals surface area contributed by atoms with Crippen LogP contribution < -0.4 is 0 Å². The van der Waals surface area contributed by atoms with Crippen molar-refractivity contribution in [2.75, 3.05) is 6.61 Å². The van der Waals surface area contributed by atoms with Crippen LogP contribution in [0.5, 0.6) is 0 Å². The molecular formula is C17H21NO8S. The SMILES string of the molecule is CC(=O)OC1C(CO)OC(Sc2ccccn2)C(OC(C)=O)C1OC(C)=O. The van der Waals surface area contributed by atoms with E-state index in [4.69, 9.17) is 18.9 Å². The Morgan fingerprint density at radius 1 is 1.04 bits per heavy atom. The van der Waals surface area contributed by atoms with Gasteiger partial charge in [-0.05, 0) is 12.1 Å². The molecule has 1 saturated heterocycles. The summed E-state index contributed by atoms with van der Waals surface area (Å²) >= 11 is 1.13. The van der Waals surface area contributed by atoms with Crippen molar-refractivity contribution in [2.45, 2.75) is 55.6 Å². The first kappa shape index (κ1) is 21.1. The third-order valence-corrected chi connectivity index (χ3v) is 4.65. The molecule has 1 fully saturated rings. The predicted octanol–water partition coefficient (Wildman–Crippen LogP) is 0.686. The minimum absolute atomic E-state index is 0.498. The number of ether oxygens (including phenoxy) is 4. The molecule has 148 valence electrons. The molecule has 1 aromatic heterocycles. The van der Waals surface area contributed by atoms with E-state index in [1.54, 1.807) is 24.4 Å². The summed E-state index contributed by atoms with van der Waals surface area (Å²) in [6.07, 6.45) is -2.76. The van der Waals surface area contributed by atoms with Gasteiger partial charge in [0.25, 0.3) is 0 Å². The Bertz CT molecular complexity index is 670. The second-order valence-electron chi connectivity index (χ2n) is 5.73. The molecule has 27 heavy (non-hydrogen) atoms. The van der Waals surface area contributed by atoms with Crippen LogP contribution >= 0.6 is 11.8 Å². The fraction of sp³-hybridized carbons (Fsp3) is 0.529. The minimum Gasteiger partial charge on any atom is -0.456 e. The van der Waals surface area contributed by atoms with Gasteiger partial charge < -0.3 is 24.1 Å². The number of aliphatic hydroxyl groups excluding tert-OH is 1. The normalized spacial score (nSPS) is 27.5. The van der Waals surface area contributed by atoms with Gasteiger partial charge in [0.1, 0.15) is 6.10 Å². The number of hydrogen-bond donors (Lipinski definition) is 1. The molecule has 0 saturated carbocycles. The van der Waals surface area contributed by atoms with Crippen LogP contribution in [-0.2, 0) is 33.3 Å². The molecule has 0 radical (unpaired) electrons. The number of esters is 3. The number of aromatic nitrogens is 1. The van der Waals surface area contributed by atoms with Gasteiger partial charge in [0.2, 0.25) is 0 Å². The Morgan fingerprint density at radius 3 is 2.15 bits per heavy atom. The third-order valence-electron chi connectivity index (χ3n) is 3.55. The molecule has 0 aromatic carbocycles. The van der Waals surface area contributed by atoms with Gasteiger partial charge in [0.15, 0.2) is 23.7 Å². The summed E-state index contributed by atoms with van der Waals surface area (Å²) in [4.78, 5) is 38.9. The third kappa shape index (κ3) is 5.91. The van der Waals surface area contributed by atoms with E-state index in [0.717, 1.165) is 11.8 Å². The second-order valence-corrected chi connectivity index (χ2v) is 6.85. The first-order valence-electron chi connectivity index (χ1n) is 8.17. The molecule has 1 N–H and O–H groups in total. The van der Waals surface area contributed by atoms with Crippen LogP contribution in [0.1, 0.15) is 20.8 Å². The Kier molecular flexibility index (Phi) is 7.57. The molecule has 10 heteroatoms. The molecule has 2 rings (SSSR count). The van der Waals surface area contributed by atoms with Crippen molar-refractivity contribution < 1.29 is 38.4 Å². The number of thioether (sulfide) groups is 1. The van der Waals surface area contributed by atoms with E-state index in [0.29, 0.717) is 5.03 Å². The lowest BCUT2D eigenvalue weighted by molar-refractivity contribution is -0.236. The highest BCUT2D eigenvalue weighted by Gasteiger charge is 2.52. The predicted molar refractivity (Wildman–Crippen MR) is 92.5 cm³/mol. The highest BCUT2D eigenvalue weighted by molar-refractivity contribution is 7.99. The molecule has 0 bridgehead atoms. The van der Waals surface area contributed by atoms with Crippen LogP contribution in [0, 0.1) is 0 Å². The number of aliphatic hydroxyl groups is 1. The van der Waals surface area contributed by atoms with Gasteiger partial charge in [0, 0.05) is 27.0 Å². The quantitative estimate of drug-likeness (QED) is 0.540. The van der Waals surface area contributed by atoms with Crippen molar-refractivity contribution in [1.29, 1.82) is 0 Å². The molecule has 2 heterocycles. The Labute approximate surface area is 160 Å². The highest BCUT2D eigenvalue weighted by Crippen LogP contribution is 2.36. The number of carbonyl (C=O) groups is 3. The zero-order chi connectivity index (χ0) is 20.0. The van der Waals surface area contributed by atoms with Crippen molar-refractivity contribution in [3.63, 3.8) is 0 Å². The molecule has 1 aliphatic heterocycles. The van der Waals surface area contributed by atoms with Crippen molar-refractivity contribution >= 4 is 29.7 Å². The number of nitrogens with zero attached hydrogens (tertiary/aromatic N) is 1. The van der Waals surface area contributed by atoms with Gasteiger partial charge >= 0.3 is 17.9 Å². The molecule has 0 aliphatic carbocycles. The smallest absolute Gasteiger partial charge is 0.303 e. The van der Waals surface area contributed by atoms with E-state index in [1.165, 1.54) is 20.8 Å². The van der Waals surface area contributed by atoms with E-state index >= 15 is 0 Å². The van der Waals surface area contributed by atoms with E-state index in [2.05, 4.69) is 4.98 Å². The van der Waals surface area contributed by atoms with E-state index < -0.39 is 54.4 Å². The van der Waals surface area contributed by atoms with Crippen molar-refractivity contribution in [3.05, 3.63) is 24.4 Å². The standard InChI is InChI=1S/C17H21NO8S/c1-9(20)23-14-12(8-19)26-17(27-13-6-4-5-7-18-13)16(25-11(3)22)15(14)24-10(2)21/h4-7,12,14-17,19H,8H2,1-3H3. The average Bonchev–Trinajstić information content (AvgIpc) is 2.59. The summed E-state index contributed by atoms with van der Waals surface area (Å²) < 4.78 is 21.6. The molecule has 1 aliphatic rings. The van der Waals surface area contributed by atoms with Crippen molar-refractivity contribution in [1.82, 2.24) is 4.98 Å². The van der Waals surface area contributed by atoms with Crippen LogP contribution in [0.4, 0.5) is 0 Å². The summed E-state index contributed by atoms with van der Waals surface area (Å²) in [5.74, 6) is -1.94. The molecule has 9 nitrogen and oxygen atoms in total. The Balaban J connectivity index is 2.38. The molecular weight excluding hydrogens is 378 g/mol. The fourth-order valence-electron chi connectivity index (χ4n) is 2.63. The molecule has 0 amide bonds. The first-order valence-corrected chi connectivity index (χ1v) is 9.05. The van der Waals surface area contributed by atoms with Gasteiger partial charge in [-0.2, -0.15) is 0 Å². The summed E-state index contributed by atoms with van der Waals surface area (Å²) in [6.45, 7) is 3.06. The molecule has 1 aromatic rings. The zero-order valence-corrected chi connectivity index (χ0v) is 15.9. The lowest BCUT2D eigenvalue weighted by atomic mass is 9.99. The zero-order valence-electron chi connectivity index (χ0n) is 15.1. The second kappa shape index (κ2) is 9.67. The largest absolute Gasteiger partial charge is 0.456 e. The van der Waals surface area contributed by atoms with Crippen LogP contribution in [0.2, 0.25) is 0 Å². The van der Waals surface area contributed by atoms with Crippen LogP contribution in [0.15, 0.2) is 29.4 Å². The molecule has 0 spiro atoms. The highest BCUT2D eigenvalue weighted by atomic mass is 32.2. The monoisotopic (exact) mass is 399 g/mol. The van der Waals surface area contributed by atoms with Crippen LogP contribution in [0.25, 0.3) is 0 Å². The summed E-state index contributed by atoms with van der Waals surface area (Å²) in [6, 6.07) is 5.24. The number of hydrogen-bond acceptors (Lipinski definition) is 10. The maximum Gasteiger partial charge on any atom is 0.303 e. The first-order chi connectivity index (χ1) is 12.8. The van der Waals surface area contributed by atoms with Gasteiger partial charge in [-0.25, -0.2) is 4.98 Å². The number of rotatable bonds is 6. The summed E-state index contributed by atoms with van der Waals surface area (Å²) in [5.41, 5.74) is -0.850. The van der Waals surface area contributed by atoms with E-state index in [9.17, 15) is 19.5 Å². The summed E-state index contributed by atoms with van der Waals surface area (Å²) in [5, 5.41) is 10.3. The van der Waals surface area contributed by atoms with Gasteiger partial charge in [0.05, 0.1) is 11.6 Å². The van der Waals surface area contributed by atoms with Crippen molar-refractivity contribution in [2.24, 2.45) is 0 Å². The van der Waals surface area contributed by atoms with Gasteiger partial charge in [-0.1, -0.05) is 17.8 Å². The summed E-state index contributed by atoms with van der Waals surface area (Å²) in [7, 11) is 0. The van der Waals surface area contributed by atoms with Crippen LogP contribution in [0.3, 0.4) is 0 Å². The van der Waals surface area contributed by atoms with Crippen LogP contribution in [-0.4, -0.2) is 64.5 Å². The Morgan fingerprint density at radius 2 is 1.63 bits per heavy atom. The minimum atomic E-state index is -1.15. The topological polar surface area (TPSA) is 121 Å². The van der Waals surface area contributed by atoms with E-state index in [1.807, 2.05) is 0 Å². The van der Waals surface area contributed by atoms with Gasteiger partial charge in [-0.15, -0.1) is 0 Å². The molecule has 5 atom stereocenters.